The van der Waals surface area contributed by atoms with Crippen LogP contribution in [0.2, 0.25) is 0 Å². The van der Waals surface area contributed by atoms with Crippen LogP contribution >= 0.6 is 0 Å². The molecule has 1 fully saturated rings. The number of rotatable bonds is 3. The first kappa shape index (κ1) is 15.5. The molecule has 0 aliphatic carbocycles. The van der Waals surface area contributed by atoms with Gasteiger partial charge in [0.25, 0.3) is 5.91 Å². The normalized spacial score (nSPS) is 14.1. The summed E-state index contributed by atoms with van der Waals surface area (Å²) >= 11 is 0. The lowest BCUT2D eigenvalue weighted by Crippen LogP contribution is -2.28. The van der Waals surface area contributed by atoms with Crippen LogP contribution in [0, 0.1) is 20.8 Å². The molecule has 2 aromatic rings. The number of aryl methyl sites for hydroxylation is 3. The van der Waals surface area contributed by atoms with Crippen LogP contribution < -0.4 is 5.32 Å². The van der Waals surface area contributed by atoms with Gasteiger partial charge in [0.2, 0.25) is 5.95 Å². The fourth-order valence-electron chi connectivity index (χ4n) is 2.76. The van der Waals surface area contributed by atoms with Gasteiger partial charge in [-0.25, -0.2) is 9.97 Å². The first-order valence-corrected chi connectivity index (χ1v) is 8.02. The van der Waals surface area contributed by atoms with Crippen molar-refractivity contribution in [2.24, 2.45) is 0 Å². The molecular weight excluding hydrogens is 288 g/mol. The number of aromatic nitrogens is 2. The van der Waals surface area contributed by atoms with Crippen molar-refractivity contribution in [1.82, 2.24) is 14.9 Å². The summed E-state index contributed by atoms with van der Waals surface area (Å²) in [5.41, 5.74) is 4.62. The molecular formula is C18H22N4O. The SMILES string of the molecule is Cc1cc(C(=O)N2CCCC2)nc(Nc2ccc(C)c(C)c2)n1. The Bertz CT molecular complexity index is 736. The number of benzene rings is 1. The van der Waals surface area contributed by atoms with Gasteiger partial charge in [-0.1, -0.05) is 6.07 Å². The van der Waals surface area contributed by atoms with E-state index in [9.17, 15) is 4.79 Å². The number of anilines is 2. The number of hydrogen-bond donors (Lipinski definition) is 1. The molecule has 1 aliphatic rings. The topological polar surface area (TPSA) is 58.1 Å². The van der Waals surface area contributed by atoms with E-state index in [0.29, 0.717) is 11.6 Å². The van der Waals surface area contributed by atoms with Crippen LogP contribution in [-0.4, -0.2) is 33.9 Å². The highest BCUT2D eigenvalue weighted by atomic mass is 16.2. The number of carbonyl (C=O) groups excluding carboxylic acids is 1. The van der Waals surface area contributed by atoms with Crippen LogP contribution in [-0.2, 0) is 0 Å². The highest BCUT2D eigenvalue weighted by Crippen LogP contribution is 2.19. The molecule has 5 heteroatoms. The predicted molar refractivity (Wildman–Crippen MR) is 91.1 cm³/mol. The number of amides is 1. The van der Waals surface area contributed by atoms with Gasteiger partial charge in [-0.15, -0.1) is 0 Å². The monoisotopic (exact) mass is 310 g/mol. The van der Waals surface area contributed by atoms with Crippen LogP contribution in [0.1, 0.15) is 40.2 Å². The highest BCUT2D eigenvalue weighted by Gasteiger charge is 2.21. The molecule has 1 N–H and O–H groups in total. The van der Waals surface area contributed by atoms with Crippen molar-refractivity contribution in [2.75, 3.05) is 18.4 Å². The first-order chi connectivity index (χ1) is 11.0. The maximum absolute atomic E-state index is 12.5. The molecule has 1 aliphatic heterocycles. The van der Waals surface area contributed by atoms with Crippen LogP contribution in [0.3, 0.4) is 0 Å². The Hall–Kier alpha value is -2.43. The lowest BCUT2D eigenvalue weighted by atomic mass is 10.1. The third-order valence-corrected chi connectivity index (χ3v) is 4.23. The summed E-state index contributed by atoms with van der Waals surface area (Å²) < 4.78 is 0. The molecule has 1 aromatic heterocycles. The molecule has 0 radical (unpaired) electrons. The zero-order valence-electron chi connectivity index (χ0n) is 13.9. The van der Waals surface area contributed by atoms with Gasteiger partial charge in [-0.2, -0.15) is 0 Å². The average molecular weight is 310 g/mol. The van der Waals surface area contributed by atoms with Gasteiger partial charge in [0, 0.05) is 24.5 Å². The molecule has 1 amide bonds. The fourth-order valence-corrected chi connectivity index (χ4v) is 2.76. The Balaban J connectivity index is 1.84. The van der Waals surface area contributed by atoms with E-state index in [1.54, 1.807) is 6.07 Å². The van der Waals surface area contributed by atoms with Gasteiger partial charge >= 0.3 is 0 Å². The maximum atomic E-state index is 12.5. The summed E-state index contributed by atoms with van der Waals surface area (Å²) in [7, 11) is 0. The largest absolute Gasteiger partial charge is 0.337 e. The second-order valence-corrected chi connectivity index (χ2v) is 6.14. The zero-order valence-corrected chi connectivity index (χ0v) is 13.9. The van der Waals surface area contributed by atoms with Gasteiger partial charge in [-0.05, 0) is 62.9 Å². The highest BCUT2D eigenvalue weighted by molar-refractivity contribution is 5.92. The maximum Gasteiger partial charge on any atom is 0.272 e. The van der Waals surface area contributed by atoms with Crippen molar-refractivity contribution < 1.29 is 4.79 Å². The summed E-state index contributed by atoms with van der Waals surface area (Å²) in [6, 6.07) is 7.87. The Morgan fingerprint density at radius 1 is 1.04 bits per heavy atom. The molecule has 23 heavy (non-hydrogen) atoms. The lowest BCUT2D eigenvalue weighted by molar-refractivity contribution is 0.0787. The van der Waals surface area contributed by atoms with E-state index in [1.165, 1.54) is 11.1 Å². The molecule has 120 valence electrons. The summed E-state index contributed by atoms with van der Waals surface area (Å²) in [6.45, 7) is 7.67. The number of likely N-dealkylation sites (tertiary alicyclic amines) is 1. The van der Waals surface area contributed by atoms with E-state index in [-0.39, 0.29) is 5.91 Å². The van der Waals surface area contributed by atoms with Crippen LogP contribution in [0.15, 0.2) is 24.3 Å². The zero-order chi connectivity index (χ0) is 16.4. The van der Waals surface area contributed by atoms with Crippen molar-refractivity contribution in [2.45, 2.75) is 33.6 Å². The minimum atomic E-state index is -0.00358. The van der Waals surface area contributed by atoms with Crippen molar-refractivity contribution in [3.63, 3.8) is 0 Å². The molecule has 0 unspecified atom stereocenters. The molecule has 5 nitrogen and oxygen atoms in total. The molecule has 3 rings (SSSR count). The second kappa shape index (κ2) is 6.36. The minimum Gasteiger partial charge on any atom is -0.337 e. The van der Waals surface area contributed by atoms with Gasteiger partial charge < -0.3 is 10.2 Å². The quantitative estimate of drug-likeness (QED) is 0.944. The average Bonchev–Trinajstić information content (AvgIpc) is 3.04. The number of carbonyl (C=O) groups is 1. The van der Waals surface area contributed by atoms with Crippen molar-refractivity contribution in [3.05, 3.63) is 46.8 Å². The second-order valence-electron chi connectivity index (χ2n) is 6.14. The summed E-state index contributed by atoms with van der Waals surface area (Å²) in [6.07, 6.45) is 2.15. The molecule has 0 atom stereocenters. The molecule has 2 heterocycles. The van der Waals surface area contributed by atoms with E-state index in [0.717, 1.165) is 37.3 Å². The minimum absolute atomic E-state index is 0.00358. The number of nitrogens with one attached hydrogen (secondary N) is 1. The van der Waals surface area contributed by atoms with E-state index < -0.39 is 0 Å². The van der Waals surface area contributed by atoms with Crippen molar-refractivity contribution in [1.29, 1.82) is 0 Å². The molecule has 0 bridgehead atoms. The summed E-state index contributed by atoms with van der Waals surface area (Å²) in [4.78, 5) is 23.2. The third-order valence-electron chi connectivity index (χ3n) is 4.23. The van der Waals surface area contributed by atoms with E-state index in [2.05, 4.69) is 41.3 Å². The standard InChI is InChI=1S/C18H22N4O/c1-12-6-7-15(10-13(12)2)20-18-19-14(3)11-16(21-18)17(23)22-8-4-5-9-22/h6-7,10-11H,4-5,8-9H2,1-3H3,(H,19,20,21). The van der Waals surface area contributed by atoms with Gasteiger partial charge in [-0.3, -0.25) is 4.79 Å². The lowest BCUT2D eigenvalue weighted by Gasteiger charge is -2.15. The Morgan fingerprint density at radius 3 is 2.48 bits per heavy atom. The van der Waals surface area contributed by atoms with Crippen LogP contribution in [0.4, 0.5) is 11.6 Å². The predicted octanol–water partition coefficient (Wildman–Crippen LogP) is 3.38. The van der Waals surface area contributed by atoms with E-state index in [1.807, 2.05) is 17.9 Å². The molecule has 0 saturated carbocycles. The van der Waals surface area contributed by atoms with Gasteiger partial charge in [0.05, 0.1) is 0 Å². The Kier molecular flexibility index (Phi) is 4.28. The van der Waals surface area contributed by atoms with E-state index >= 15 is 0 Å². The van der Waals surface area contributed by atoms with Crippen molar-refractivity contribution in [3.8, 4) is 0 Å². The number of hydrogen-bond acceptors (Lipinski definition) is 4. The smallest absolute Gasteiger partial charge is 0.272 e. The molecule has 1 aromatic carbocycles. The number of nitrogens with zero attached hydrogens (tertiary/aromatic N) is 3. The Labute approximate surface area is 136 Å². The van der Waals surface area contributed by atoms with Gasteiger partial charge in [0.15, 0.2) is 0 Å². The van der Waals surface area contributed by atoms with Gasteiger partial charge in [0.1, 0.15) is 5.69 Å². The van der Waals surface area contributed by atoms with E-state index in [4.69, 9.17) is 0 Å². The first-order valence-electron chi connectivity index (χ1n) is 8.02. The molecule has 0 spiro atoms. The van der Waals surface area contributed by atoms with Crippen molar-refractivity contribution >= 4 is 17.5 Å². The summed E-state index contributed by atoms with van der Waals surface area (Å²) in [5, 5.41) is 3.21. The molecule has 1 saturated heterocycles. The summed E-state index contributed by atoms with van der Waals surface area (Å²) in [5.74, 6) is 0.465. The fraction of sp³-hybridized carbons (Fsp3) is 0.389. The van der Waals surface area contributed by atoms with Crippen LogP contribution in [0.5, 0.6) is 0 Å². The van der Waals surface area contributed by atoms with Crippen LogP contribution in [0.25, 0.3) is 0 Å². The third kappa shape index (κ3) is 3.50. The Morgan fingerprint density at radius 2 is 1.78 bits per heavy atom.